The van der Waals surface area contributed by atoms with E-state index < -0.39 is 0 Å². The molecule has 6 heteroatoms. The fourth-order valence-corrected chi connectivity index (χ4v) is 3.79. The number of carbonyl (C=O) groups excluding carboxylic acids is 1. The van der Waals surface area contributed by atoms with Crippen molar-refractivity contribution in [2.75, 3.05) is 33.3 Å². The Hall–Kier alpha value is -2.01. The second-order valence-electron chi connectivity index (χ2n) is 6.43. The van der Waals surface area contributed by atoms with Gasteiger partial charge in [-0.05, 0) is 24.3 Å². The molecule has 0 saturated carbocycles. The van der Waals surface area contributed by atoms with Crippen LogP contribution >= 0.6 is 23.2 Å². The van der Waals surface area contributed by atoms with Gasteiger partial charge < -0.3 is 9.64 Å². The van der Waals surface area contributed by atoms with Crippen LogP contribution in [0.5, 0.6) is 5.75 Å². The number of carbonyl (C=O) groups is 1. The van der Waals surface area contributed by atoms with E-state index in [-0.39, 0.29) is 5.91 Å². The van der Waals surface area contributed by atoms with Gasteiger partial charge in [-0.25, -0.2) is 0 Å². The van der Waals surface area contributed by atoms with E-state index in [9.17, 15) is 4.79 Å². The molecule has 0 bridgehead atoms. The highest BCUT2D eigenvalue weighted by Gasteiger charge is 2.21. The first-order valence-electron chi connectivity index (χ1n) is 8.78. The topological polar surface area (TPSA) is 32.8 Å². The third-order valence-electron chi connectivity index (χ3n) is 4.79. The van der Waals surface area contributed by atoms with E-state index in [0.717, 1.165) is 35.5 Å². The van der Waals surface area contributed by atoms with Gasteiger partial charge in [-0.3, -0.25) is 9.69 Å². The molecule has 0 atom stereocenters. The SMILES string of the molecule is C=CC(=O)N1CCN(Cc2cc(-c3ccccc3Cl)c(Cl)cc2OC)CC1. The number of ether oxygens (including phenoxy) is 1. The van der Waals surface area contributed by atoms with Crippen molar-refractivity contribution < 1.29 is 9.53 Å². The van der Waals surface area contributed by atoms with Crippen LogP contribution in [0.25, 0.3) is 11.1 Å². The molecule has 1 amide bonds. The van der Waals surface area contributed by atoms with E-state index in [1.54, 1.807) is 7.11 Å². The van der Waals surface area contributed by atoms with Crippen LogP contribution in [-0.4, -0.2) is 49.0 Å². The number of methoxy groups -OCH3 is 1. The highest BCUT2D eigenvalue weighted by atomic mass is 35.5. The van der Waals surface area contributed by atoms with Gasteiger partial charge in [-0.2, -0.15) is 0 Å². The Morgan fingerprint density at radius 2 is 1.81 bits per heavy atom. The summed E-state index contributed by atoms with van der Waals surface area (Å²) < 4.78 is 5.54. The molecule has 4 nitrogen and oxygen atoms in total. The van der Waals surface area contributed by atoms with Gasteiger partial charge in [0.1, 0.15) is 5.75 Å². The van der Waals surface area contributed by atoms with Gasteiger partial charge in [0.25, 0.3) is 0 Å². The number of amides is 1. The molecule has 0 N–H and O–H groups in total. The van der Waals surface area contributed by atoms with Crippen molar-refractivity contribution >= 4 is 29.1 Å². The molecule has 3 rings (SSSR count). The lowest BCUT2D eigenvalue weighted by molar-refractivity contribution is -0.127. The Morgan fingerprint density at radius 1 is 1.11 bits per heavy atom. The molecule has 27 heavy (non-hydrogen) atoms. The molecule has 1 fully saturated rings. The summed E-state index contributed by atoms with van der Waals surface area (Å²) in [6, 6.07) is 11.5. The number of hydrogen-bond donors (Lipinski definition) is 0. The zero-order chi connectivity index (χ0) is 19.4. The standard InChI is InChI=1S/C21H22Cl2N2O2/c1-3-21(26)25-10-8-24(9-11-25)14-15-12-17(19(23)13-20(15)27-2)16-6-4-5-7-18(16)22/h3-7,12-13H,1,8-11,14H2,2H3. The summed E-state index contributed by atoms with van der Waals surface area (Å²) in [5.74, 6) is 0.736. The molecule has 0 aliphatic carbocycles. The number of halogens is 2. The molecule has 1 saturated heterocycles. The minimum absolute atomic E-state index is 0.0141. The highest BCUT2D eigenvalue weighted by Crippen LogP contribution is 2.37. The summed E-state index contributed by atoms with van der Waals surface area (Å²) >= 11 is 12.9. The van der Waals surface area contributed by atoms with Crippen LogP contribution in [0.3, 0.4) is 0 Å². The molecule has 1 aliphatic rings. The smallest absolute Gasteiger partial charge is 0.246 e. The molecule has 1 aliphatic heterocycles. The van der Waals surface area contributed by atoms with E-state index in [0.29, 0.717) is 29.7 Å². The van der Waals surface area contributed by atoms with E-state index in [2.05, 4.69) is 11.5 Å². The van der Waals surface area contributed by atoms with Gasteiger partial charge in [0.15, 0.2) is 0 Å². The van der Waals surface area contributed by atoms with Gasteiger partial charge in [-0.15, -0.1) is 0 Å². The predicted molar refractivity (Wildman–Crippen MR) is 111 cm³/mol. The van der Waals surface area contributed by atoms with Crippen molar-refractivity contribution in [1.29, 1.82) is 0 Å². The van der Waals surface area contributed by atoms with Crippen LogP contribution < -0.4 is 4.74 Å². The average Bonchev–Trinajstić information content (AvgIpc) is 2.69. The normalized spacial score (nSPS) is 14.9. The van der Waals surface area contributed by atoms with Crippen LogP contribution in [0.15, 0.2) is 49.1 Å². The number of hydrogen-bond acceptors (Lipinski definition) is 3. The van der Waals surface area contributed by atoms with Crippen LogP contribution in [0, 0.1) is 0 Å². The quantitative estimate of drug-likeness (QED) is 0.687. The largest absolute Gasteiger partial charge is 0.496 e. The van der Waals surface area contributed by atoms with Crippen molar-refractivity contribution in [2.45, 2.75) is 6.54 Å². The summed E-state index contributed by atoms with van der Waals surface area (Å²) in [6.45, 7) is 7.25. The van der Waals surface area contributed by atoms with Crippen molar-refractivity contribution in [1.82, 2.24) is 9.80 Å². The molecule has 142 valence electrons. The lowest BCUT2D eigenvalue weighted by atomic mass is 10.0. The molecule has 0 aromatic heterocycles. The monoisotopic (exact) mass is 404 g/mol. The van der Waals surface area contributed by atoms with Crippen molar-refractivity contribution in [3.05, 3.63) is 64.7 Å². The maximum atomic E-state index is 11.7. The van der Waals surface area contributed by atoms with Crippen molar-refractivity contribution in [2.24, 2.45) is 0 Å². The first-order valence-corrected chi connectivity index (χ1v) is 9.54. The third-order valence-corrected chi connectivity index (χ3v) is 5.43. The van der Waals surface area contributed by atoms with Crippen molar-refractivity contribution in [3.63, 3.8) is 0 Å². The second kappa shape index (κ2) is 8.79. The third kappa shape index (κ3) is 4.46. The first kappa shape index (κ1) is 19.7. The van der Waals surface area contributed by atoms with Crippen LogP contribution in [0.4, 0.5) is 0 Å². The van der Waals surface area contributed by atoms with Gasteiger partial charge in [0.05, 0.1) is 12.1 Å². The maximum Gasteiger partial charge on any atom is 0.246 e. The lowest BCUT2D eigenvalue weighted by Crippen LogP contribution is -2.47. The molecule has 2 aromatic rings. The minimum Gasteiger partial charge on any atom is -0.496 e. The summed E-state index contributed by atoms with van der Waals surface area (Å²) in [4.78, 5) is 15.9. The van der Waals surface area contributed by atoms with Crippen LogP contribution in [0.1, 0.15) is 5.56 Å². The molecule has 1 heterocycles. The first-order chi connectivity index (χ1) is 13.0. The van der Waals surface area contributed by atoms with Gasteiger partial charge >= 0.3 is 0 Å². The molecular weight excluding hydrogens is 383 g/mol. The molecule has 0 radical (unpaired) electrons. The van der Waals surface area contributed by atoms with E-state index in [4.69, 9.17) is 27.9 Å². The predicted octanol–water partition coefficient (Wildman–Crippen LogP) is 4.50. The Kier molecular flexibility index (Phi) is 6.42. The number of nitrogens with zero attached hydrogens (tertiary/aromatic N) is 2. The Balaban J connectivity index is 1.83. The van der Waals surface area contributed by atoms with Gasteiger partial charge in [0.2, 0.25) is 5.91 Å². The number of piperazine rings is 1. The fourth-order valence-electron chi connectivity index (χ4n) is 3.30. The molecule has 0 spiro atoms. The van der Waals surface area contributed by atoms with Gasteiger partial charge in [0, 0.05) is 54.4 Å². The minimum atomic E-state index is -0.0141. The summed E-state index contributed by atoms with van der Waals surface area (Å²) in [5.41, 5.74) is 2.83. The van der Waals surface area contributed by atoms with Gasteiger partial charge in [-0.1, -0.05) is 48.0 Å². The molecular formula is C21H22Cl2N2O2. The molecule has 2 aromatic carbocycles. The lowest BCUT2D eigenvalue weighted by Gasteiger charge is -2.34. The number of rotatable bonds is 5. The van der Waals surface area contributed by atoms with E-state index in [1.165, 1.54) is 6.08 Å². The van der Waals surface area contributed by atoms with E-state index >= 15 is 0 Å². The summed E-state index contributed by atoms with van der Waals surface area (Å²) in [5, 5.41) is 1.26. The van der Waals surface area contributed by atoms with Crippen molar-refractivity contribution in [3.8, 4) is 16.9 Å². The number of benzene rings is 2. The zero-order valence-corrected chi connectivity index (χ0v) is 16.8. The Labute approximate surface area is 169 Å². The maximum absolute atomic E-state index is 11.7. The Bertz CT molecular complexity index is 846. The Morgan fingerprint density at radius 3 is 2.44 bits per heavy atom. The van der Waals surface area contributed by atoms with Crippen LogP contribution in [0.2, 0.25) is 10.0 Å². The van der Waals surface area contributed by atoms with Crippen LogP contribution in [-0.2, 0) is 11.3 Å². The van der Waals surface area contributed by atoms with E-state index in [1.807, 2.05) is 41.3 Å². The summed E-state index contributed by atoms with van der Waals surface area (Å²) in [7, 11) is 1.64. The summed E-state index contributed by atoms with van der Waals surface area (Å²) in [6.07, 6.45) is 1.37. The fraction of sp³-hybridized carbons (Fsp3) is 0.286. The zero-order valence-electron chi connectivity index (χ0n) is 15.3. The molecule has 0 unspecified atom stereocenters. The highest BCUT2D eigenvalue weighted by molar-refractivity contribution is 6.36. The average molecular weight is 405 g/mol. The second-order valence-corrected chi connectivity index (χ2v) is 7.24.